The lowest BCUT2D eigenvalue weighted by Gasteiger charge is -2.10. The van der Waals surface area contributed by atoms with Gasteiger partial charge in [-0.3, -0.25) is 9.59 Å². The van der Waals surface area contributed by atoms with Crippen molar-refractivity contribution >= 4 is 35.2 Å². The van der Waals surface area contributed by atoms with Gasteiger partial charge in [0.25, 0.3) is 0 Å². The first-order valence-electron chi connectivity index (χ1n) is 8.88. The molecular formula is C18H24ClN5O2S. The van der Waals surface area contributed by atoms with Crippen molar-refractivity contribution in [1.29, 1.82) is 0 Å². The van der Waals surface area contributed by atoms with Gasteiger partial charge in [-0.1, -0.05) is 49.5 Å². The number of benzene rings is 1. The zero-order valence-corrected chi connectivity index (χ0v) is 16.9. The molecule has 0 aliphatic rings. The number of rotatable bonds is 11. The summed E-state index contributed by atoms with van der Waals surface area (Å²) in [5, 5.41) is 12.4. The molecule has 0 aliphatic heterocycles. The van der Waals surface area contributed by atoms with Crippen LogP contribution in [0.2, 0.25) is 5.02 Å². The van der Waals surface area contributed by atoms with Gasteiger partial charge >= 0.3 is 0 Å². The number of carbonyl (C=O) groups excluding carboxylic acids is 2. The molecule has 146 valence electrons. The second-order valence-corrected chi connectivity index (χ2v) is 7.44. The van der Waals surface area contributed by atoms with Crippen molar-refractivity contribution in [2.75, 3.05) is 12.3 Å². The average molecular weight is 410 g/mol. The van der Waals surface area contributed by atoms with Crippen LogP contribution in [-0.4, -0.2) is 38.9 Å². The topological polar surface area (TPSA) is 103 Å². The fraction of sp³-hybridized carbons (Fsp3) is 0.444. The molecule has 7 nitrogen and oxygen atoms in total. The predicted octanol–water partition coefficient (Wildman–Crippen LogP) is 2.87. The van der Waals surface area contributed by atoms with Crippen LogP contribution < -0.4 is 11.1 Å². The zero-order valence-electron chi connectivity index (χ0n) is 15.3. The molecule has 2 aromatic rings. The normalized spacial score (nSPS) is 10.7. The Kier molecular flexibility index (Phi) is 8.60. The smallest absolute Gasteiger partial charge is 0.236 e. The molecular weight excluding hydrogens is 386 g/mol. The van der Waals surface area contributed by atoms with Crippen LogP contribution in [0, 0.1) is 0 Å². The molecule has 0 radical (unpaired) electrons. The summed E-state index contributed by atoms with van der Waals surface area (Å²) in [6.07, 6.45) is 4.47. The number of nitrogens with two attached hydrogens (primary N) is 1. The van der Waals surface area contributed by atoms with E-state index in [1.165, 1.54) is 18.2 Å². The molecule has 0 bridgehead atoms. The summed E-state index contributed by atoms with van der Waals surface area (Å²) in [6.45, 7) is 2.78. The van der Waals surface area contributed by atoms with E-state index in [0.29, 0.717) is 10.2 Å². The van der Waals surface area contributed by atoms with Crippen molar-refractivity contribution in [3.63, 3.8) is 0 Å². The molecule has 2 amide bonds. The number of amides is 2. The average Bonchev–Trinajstić information content (AvgIpc) is 3.05. The number of nitrogens with one attached hydrogen (secondary N) is 1. The Morgan fingerprint density at radius 2 is 1.93 bits per heavy atom. The van der Waals surface area contributed by atoms with Crippen LogP contribution in [0.4, 0.5) is 0 Å². The molecule has 0 aliphatic carbocycles. The monoisotopic (exact) mass is 409 g/mol. The molecule has 9 heteroatoms. The van der Waals surface area contributed by atoms with Crippen LogP contribution in [0.1, 0.15) is 32.6 Å². The second kappa shape index (κ2) is 10.9. The summed E-state index contributed by atoms with van der Waals surface area (Å²) in [7, 11) is 0. The van der Waals surface area contributed by atoms with Crippen LogP contribution in [0.15, 0.2) is 29.4 Å². The van der Waals surface area contributed by atoms with E-state index in [1.54, 1.807) is 0 Å². The Labute approximate surface area is 168 Å². The molecule has 3 N–H and O–H groups in total. The van der Waals surface area contributed by atoms with Gasteiger partial charge in [0.05, 0.1) is 12.3 Å². The third-order valence-corrected chi connectivity index (χ3v) is 5.07. The SMILES string of the molecule is CCCCCCn1c(SCC(=O)NCC(N)=O)nnc1-c1ccc(Cl)cc1. The maximum Gasteiger partial charge on any atom is 0.236 e. The molecule has 1 heterocycles. The van der Waals surface area contributed by atoms with E-state index in [9.17, 15) is 9.59 Å². The van der Waals surface area contributed by atoms with Gasteiger partial charge in [-0.25, -0.2) is 0 Å². The molecule has 0 fully saturated rings. The minimum absolute atomic E-state index is 0.140. The van der Waals surface area contributed by atoms with E-state index in [0.717, 1.165) is 37.2 Å². The summed E-state index contributed by atoms with van der Waals surface area (Å²) >= 11 is 7.26. The van der Waals surface area contributed by atoms with E-state index in [1.807, 2.05) is 28.8 Å². The Bertz CT molecular complexity index is 764. The highest BCUT2D eigenvalue weighted by molar-refractivity contribution is 7.99. The second-order valence-electron chi connectivity index (χ2n) is 6.06. The first kappa shape index (κ1) is 21.2. The fourth-order valence-corrected chi connectivity index (χ4v) is 3.39. The van der Waals surface area contributed by atoms with Gasteiger partial charge in [0, 0.05) is 17.1 Å². The van der Waals surface area contributed by atoms with E-state index >= 15 is 0 Å². The lowest BCUT2D eigenvalue weighted by Crippen LogP contribution is -2.34. The number of hydrogen-bond donors (Lipinski definition) is 2. The van der Waals surface area contributed by atoms with Crippen molar-refractivity contribution in [3.8, 4) is 11.4 Å². The fourth-order valence-electron chi connectivity index (χ4n) is 2.47. The van der Waals surface area contributed by atoms with E-state index in [4.69, 9.17) is 17.3 Å². The summed E-state index contributed by atoms with van der Waals surface area (Å²) in [5.74, 6) is 0.0501. The third-order valence-electron chi connectivity index (χ3n) is 3.85. The molecule has 0 saturated carbocycles. The zero-order chi connectivity index (χ0) is 19.6. The number of thioether (sulfide) groups is 1. The Hall–Kier alpha value is -2.06. The minimum atomic E-state index is -0.572. The van der Waals surface area contributed by atoms with Crippen LogP contribution in [0.25, 0.3) is 11.4 Å². The van der Waals surface area contributed by atoms with Crippen molar-refractivity contribution in [2.45, 2.75) is 44.3 Å². The molecule has 0 atom stereocenters. The predicted molar refractivity (Wildman–Crippen MR) is 108 cm³/mol. The maximum absolute atomic E-state index is 11.8. The Morgan fingerprint density at radius 1 is 1.19 bits per heavy atom. The summed E-state index contributed by atoms with van der Waals surface area (Å²) in [6, 6.07) is 7.44. The van der Waals surface area contributed by atoms with Gasteiger partial charge in [0.15, 0.2) is 11.0 Å². The molecule has 0 saturated heterocycles. The lowest BCUT2D eigenvalue weighted by molar-refractivity contribution is -0.123. The number of unbranched alkanes of at least 4 members (excludes halogenated alkanes) is 3. The standard InChI is InChI=1S/C18H24ClN5O2S/c1-2-3-4-5-10-24-17(13-6-8-14(19)9-7-13)22-23-18(24)27-12-16(26)21-11-15(20)25/h6-9H,2-5,10-12H2,1H3,(H2,20,25)(H,21,26). The van der Waals surface area contributed by atoms with Crippen molar-refractivity contribution < 1.29 is 9.59 Å². The first-order valence-corrected chi connectivity index (χ1v) is 10.2. The van der Waals surface area contributed by atoms with Gasteiger partial charge < -0.3 is 15.6 Å². The number of hydrogen-bond acceptors (Lipinski definition) is 5. The number of carbonyl (C=O) groups is 2. The maximum atomic E-state index is 11.8. The number of aromatic nitrogens is 3. The molecule has 27 heavy (non-hydrogen) atoms. The van der Waals surface area contributed by atoms with Gasteiger partial charge in [-0.2, -0.15) is 0 Å². The summed E-state index contributed by atoms with van der Waals surface area (Å²) < 4.78 is 2.03. The highest BCUT2D eigenvalue weighted by Crippen LogP contribution is 2.25. The first-order chi connectivity index (χ1) is 13.0. The van der Waals surface area contributed by atoms with E-state index in [-0.39, 0.29) is 18.2 Å². The van der Waals surface area contributed by atoms with Crippen LogP contribution >= 0.6 is 23.4 Å². The molecule has 2 rings (SSSR count). The summed E-state index contributed by atoms with van der Waals surface area (Å²) in [4.78, 5) is 22.6. The Morgan fingerprint density at radius 3 is 2.59 bits per heavy atom. The third kappa shape index (κ3) is 6.88. The van der Waals surface area contributed by atoms with Crippen molar-refractivity contribution in [1.82, 2.24) is 20.1 Å². The number of primary amides is 1. The van der Waals surface area contributed by atoms with E-state index in [2.05, 4.69) is 22.4 Å². The van der Waals surface area contributed by atoms with Gasteiger partial charge in [0.2, 0.25) is 11.8 Å². The lowest BCUT2D eigenvalue weighted by atomic mass is 10.2. The van der Waals surface area contributed by atoms with E-state index < -0.39 is 5.91 Å². The van der Waals surface area contributed by atoms with Crippen molar-refractivity contribution in [2.24, 2.45) is 5.73 Å². The molecule has 1 aromatic heterocycles. The molecule has 0 spiro atoms. The molecule has 0 unspecified atom stereocenters. The Balaban J connectivity index is 2.11. The minimum Gasteiger partial charge on any atom is -0.368 e. The van der Waals surface area contributed by atoms with Gasteiger partial charge in [-0.05, 0) is 30.7 Å². The van der Waals surface area contributed by atoms with Gasteiger partial charge in [0.1, 0.15) is 0 Å². The van der Waals surface area contributed by atoms with Crippen LogP contribution in [0.5, 0.6) is 0 Å². The number of halogens is 1. The van der Waals surface area contributed by atoms with Crippen LogP contribution in [0.3, 0.4) is 0 Å². The molecule has 1 aromatic carbocycles. The van der Waals surface area contributed by atoms with Gasteiger partial charge in [-0.15, -0.1) is 10.2 Å². The number of nitrogens with zero attached hydrogens (tertiary/aromatic N) is 3. The van der Waals surface area contributed by atoms with Crippen LogP contribution in [-0.2, 0) is 16.1 Å². The quantitative estimate of drug-likeness (QED) is 0.438. The highest BCUT2D eigenvalue weighted by atomic mass is 35.5. The largest absolute Gasteiger partial charge is 0.368 e. The summed E-state index contributed by atoms with van der Waals surface area (Å²) in [5.41, 5.74) is 5.96. The highest BCUT2D eigenvalue weighted by Gasteiger charge is 2.15. The van der Waals surface area contributed by atoms with Crippen molar-refractivity contribution in [3.05, 3.63) is 29.3 Å².